The molecule has 0 amide bonds. The topological polar surface area (TPSA) is 97.9 Å². The predicted molar refractivity (Wildman–Crippen MR) is 135 cm³/mol. The van der Waals surface area contributed by atoms with Crippen LogP contribution in [0.3, 0.4) is 0 Å². The summed E-state index contributed by atoms with van der Waals surface area (Å²) < 4.78 is 32.0. The molecule has 0 bridgehead atoms. The predicted octanol–water partition coefficient (Wildman–Crippen LogP) is 5.65. The Labute approximate surface area is 214 Å². The molecular formula is C25H30Cl2FN3O4. The third kappa shape index (κ3) is 5.89. The third-order valence-corrected chi connectivity index (χ3v) is 6.43. The van der Waals surface area contributed by atoms with Gasteiger partial charge in [0.25, 0.3) is 0 Å². The van der Waals surface area contributed by atoms with Gasteiger partial charge in [-0.1, -0.05) is 35.3 Å². The van der Waals surface area contributed by atoms with Gasteiger partial charge in [-0.3, -0.25) is 10.2 Å². The molecule has 1 heterocycles. The smallest absolute Gasteiger partial charge is 0.305 e. The first-order chi connectivity index (χ1) is 16.5. The van der Waals surface area contributed by atoms with Crippen LogP contribution in [0.25, 0.3) is 0 Å². The molecule has 3 rings (SSSR count). The van der Waals surface area contributed by atoms with E-state index in [2.05, 4.69) is 0 Å². The van der Waals surface area contributed by atoms with E-state index in [0.29, 0.717) is 32.6 Å². The van der Waals surface area contributed by atoms with E-state index >= 15 is 4.39 Å². The van der Waals surface area contributed by atoms with Crippen LogP contribution in [0.15, 0.2) is 36.4 Å². The highest BCUT2D eigenvalue weighted by molar-refractivity contribution is 6.33. The molecule has 0 fully saturated rings. The minimum atomic E-state index is -1.87. The Balaban J connectivity index is 2.20. The molecular weight excluding hydrogens is 496 g/mol. The minimum Gasteiger partial charge on any atom is -0.495 e. The number of hydrogen-bond donors (Lipinski definition) is 2. The quantitative estimate of drug-likeness (QED) is 0.432. The van der Waals surface area contributed by atoms with Crippen LogP contribution in [0.1, 0.15) is 50.8 Å². The van der Waals surface area contributed by atoms with Crippen LogP contribution in [0.4, 0.5) is 10.1 Å². The summed E-state index contributed by atoms with van der Waals surface area (Å²) in [6.45, 7) is 4.64. The number of halogens is 3. The number of esters is 1. The van der Waals surface area contributed by atoms with E-state index in [9.17, 15) is 4.79 Å². The fraction of sp³-hybridized carbons (Fsp3) is 0.440. The number of nitrogens with two attached hydrogens (primary N) is 1. The molecule has 0 aromatic heterocycles. The number of hydrogen-bond acceptors (Lipinski definition) is 6. The summed E-state index contributed by atoms with van der Waals surface area (Å²) in [5.41, 5.74) is 6.05. The summed E-state index contributed by atoms with van der Waals surface area (Å²) in [7, 11) is 1.51. The zero-order valence-corrected chi connectivity index (χ0v) is 21.6. The summed E-state index contributed by atoms with van der Waals surface area (Å²) in [4.78, 5) is 13.5. The summed E-state index contributed by atoms with van der Waals surface area (Å²) in [6, 6.07) is 10.3. The zero-order valence-electron chi connectivity index (χ0n) is 20.1. The van der Waals surface area contributed by atoms with Gasteiger partial charge in [0.2, 0.25) is 0 Å². The maximum atomic E-state index is 15.1. The maximum Gasteiger partial charge on any atom is 0.305 e. The molecule has 0 radical (unpaired) electrons. The number of ether oxygens (including phenoxy) is 3. The number of alkyl halides is 1. The molecule has 10 heteroatoms. The first kappa shape index (κ1) is 27.2. The molecule has 0 aliphatic carbocycles. The average Bonchev–Trinajstić information content (AvgIpc) is 2.91. The van der Waals surface area contributed by atoms with Crippen molar-refractivity contribution in [1.82, 2.24) is 0 Å². The molecule has 1 aliphatic rings. The van der Waals surface area contributed by atoms with Gasteiger partial charge in [0.1, 0.15) is 35.6 Å². The Bertz CT molecular complexity index is 1090. The molecule has 3 atom stereocenters. The Morgan fingerprint density at radius 2 is 2.00 bits per heavy atom. The first-order valence-electron chi connectivity index (χ1n) is 11.2. The second-order valence-electron chi connectivity index (χ2n) is 8.68. The van der Waals surface area contributed by atoms with E-state index in [-0.39, 0.29) is 25.3 Å². The van der Waals surface area contributed by atoms with Crippen LogP contribution >= 0.6 is 23.2 Å². The van der Waals surface area contributed by atoms with Crippen molar-refractivity contribution in [2.45, 2.75) is 57.7 Å². The van der Waals surface area contributed by atoms with Gasteiger partial charge in [0, 0.05) is 22.6 Å². The van der Waals surface area contributed by atoms with Gasteiger partial charge in [-0.05, 0) is 51.5 Å². The van der Waals surface area contributed by atoms with Crippen molar-refractivity contribution < 1.29 is 23.4 Å². The number of rotatable bonds is 8. The zero-order chi connectivity index (χ0) is 25.9. The second kappa shape index (κ2) is 11.1. The number of fused-ring (bicyclic) bond motifs is 1. The first-order valence-corrected chi connectivity index (χ1v) is 12.0. The third-order valence-electron chi connectivity index (χ3n) is 5.79. The minimum absolute atomic E-state index is 0.00134. The Kier molecular flexibility index (Phi) is 8.64. The highest BCUT2D eigenvalue weighted by Crippen LogP contribution is 2.45. The monoisotopic (exact) mass is 525 g/mol. The number of anilines is 1. The van der Waals surface area contributed by atoms with Gasteiger partial charge >= 0.3 is 5.97 Å². The van der Waals surface area contributed by atoms with Crippen LogP contribution in [0.2, 0.25) is 10.0 Å². The van der Waals surface area contributed by atoms with Gasteiger partial charge in [-0.15, -0.1) is 0 Å². The summed E-state index contributed by atoms with van der Waals surface area (Å²) in [6.07, 6.45) is -2.83. The van der Waals surface area contributed by atoms with Gasteiger partial charge < -0.3 is 24.8 Å². The van der Waals surface area contributed by atoms with E-state index in [1.807, 2.05) is 0 Å². The van der Waals surface area contributed by atoms with Crippen molar-refractivity contribution in [2.75, 3.05) is 18.6 Å². The van der Waals surface area contributed by atoms with Crippen LogP contribution in [0, 0.1) is 5.41 Å². The summed E-state index contributed by atoms with van der Waals surface area (Å²) in [5, 5.41) is 9.72. The van der Waals surface area contributed by atoms with Gasteiger partial charge in [-0.25, -0.2) is 4.39 Å². The number of nitrogens with zero attached hydrogens (tertiary/aromatic N) is 1. The lowest BCUT2D eigenvalue weighted by molar-refractivity contribution is -0.143. The maximum absolute atomic E-state index is 15.1. The number of amidine groups is 1. The number of nitrogens with one attached hydrogen (secondary N) is 1. The fourth-order valence-electron chi connectivity index (χ4n) is 3.96. The van der Waals surface area contributed by atoms with E-state index in [1.54, 1.807) is 43.3 Å². The van der Waals surface area contributed by atoms with E-state index in [4.69, 9.17) is 48.6 Å². The molecule has 0 saturated carbocycles. The highest BCUT2D eigenvalue weighted by Gasteiger charge is 2.42. The van der Waals surface area contributed by atoms with E-state index in [0.717, 1.165) is 0 Å². The van der Waals surface area contributed by atoms with Crippen molar-refractivity contribution in [3.8, 4) is 5.75 Å². The van der Waals surface area contributed by atoms with E-state index in [1.165, 1.54) is 25.9 Å². The van der Waals surface area contributed by atoms with Crippen molar-refractivity contribution >= 4 is 40.7 Å². The molecule has 190 valence electrons. The molecule has 2 aromatic rings. The largest absolute Gasteiger partial charge is 0.495 e. The molecule has 1 aliphatic heterocycles. The molecule has 0 spiro atoms. The van der Waals surface area contributed by atoms with E-state index < -0.39 is 30.0 Å². The lowest BCUT2D eigenvalue weighted by atomic mass is 9.97. The van der Waals surface area contributed by atoms with Crippen LogP contribution < -0.4 is 15.4 Å². The van der Waals surface area contributed by atoms with Crippen LogP contribution in [0.5, 0.6) is 5.75 Å². The number of methoxy groups -OCH3 is 1. The Hall–Kier alpha value is -2.39. The Morgan fingerprint density at radius 3 is 2.63 bits per heavy atom. The van der Waals surface area contributed by atoms with Crippen molar-refractivity contribution in [3.63, 3.8) is 0 Å². The lowest BCUT2D eigenvalue weighted by Crippen LogP contribution is -2.58. The van der Waals surface area contributed by atoms with Crippen molar-refractivity contribution in [3.05, 3.63) is 57.6 Å². The summed E-state index contributed by atoms with van der Waals surface area (Å²) >= 11 is 13.0. The van der Waals surface area contributed by atoms with Crippen molar-refractivity contribution in [2.24, 2.45) is 5.73 Å². The highest BCUT2D eigenvalue weighted by atomic mass is 35.5. The van der Waals surface area contributed by atoms with Crippen LogP contribution in [-0.2, 0) is 14.3 Å². The van der Waals surface area contributed by atoms with Crippen LogP contribution in [-0.4, -0.2) is 43.5 Å². The molecule has 0 saturated heterocycles. The number of carbonyl (C=O) groups is 1. The molecule has 3 N–H and O–H groups in total. The molecule has 2 aromatic carbocycles. The number of benzene rings is 2. The Morgan fingerprint density at radius 1 is 1.29 bits per heavy atom. The molecule has 2 unspecified atom stereocenters. The van der Waals surface area contributed by atoms with Crippen molar-refractivity contribution in [1.29, 1.82) is 5.41 Å². The second-order valence-corrected chi connectivity index (χ2v) is 9.49. The molecule has 7 nitrogen and oxygen atoms in total. The normalized spacial score (nSPS) is 19.1. The van der Waals surface area contributed by atoms with Gasteiger partial charge in [0.15, 0.2) is 0 Å². The standard InChI is InChI=1S/C25H30Cl2FN3O4/c1-5-34-20(32)12-11-19-23(29)31(24(30)25(2,3)28)17-10-9-14(26)13-16(17)22(35-19)15-7-6-8-18(33-4)21(15)27/h6-10,13,19,22,24,29H,5,11-12,30H2,1-4H3/t19?,22-,24?/m1/s1. The summed E-state index contributed by atoms with van der Waals surface area (Å²) in [5.74, 6) is -0.0684. The fourth-order valence-corrected chi connectivity index (χ4v) is 4.45. The molecule has 35 heavy (non-hydrogen) atoms. The average molecular weight is 526 g/mol. The van der Waals surface area contributed by atoms with Gasteiger partial charge in [0.05, 0.1) is 24.4 Å². The van der Waals surface area contributed by atoms with Gasteiger partial charge in [-0.2, -0.15) is 0 Å². The number of carbonyl (C=O) groups excluding carboxylic acids is 1. The lowest BCUT2D eigenvalue weighted by Gasteiger charge is -2.37. The SMILES string of the molecule is CCOC(=O)CCC1O[C@H](c2cccc(OC)c2Cl)c2cc(Cl)ccc2N(C(N)C(C)(C)F)C1=N.